The number of rotatable bonds is 22. The Morgan fingerprint density at radius 3 is 1.25 bits per heavy atom. The third-order valence-corrected chi connectivity index (χ3v) is 7.26. The molecule has 0 aromatic carbocycles. The van der Waals surface area contributed by atoms with Crippen molar-refractivity contribution in [3.8, 4) is 0 Å². The minimum Gasteiger partial charge on any atom is -0.359 e. The Bertz CT molecular complexity index is 1250. The van der Waals surface area contributed by atoms with Gasteiger partial charge in [-0.3, -0.25) is 57.6 Å². The van der Waals surface area contributed by atoms with Gasteiger partial charge in [-0.1, -0.05) is 6.92 Å². The molecule has 22 heteroatoms. The molecule has 0 saturated carbocycles. The van der Waals surface area contributed by atoms with E-state index < -0.39 is 17.9 Å². The van der Waals surface area contributed by atoms with E-state index in [0.29, 0.717) is 25.8 Å². The van der Waals surface area contributed by atoms with Crippen molar-refractivity contribution in [2.75, 3.05) is 89.1 Å². The molecule has 0 saturated heterocycles. The molecular weight excluding hydrogens is 726 g/mol. The average molecular weight is 788 g/mol. The molecule has 0 aliphatic carbocycles. The van der Waals surface area contributed by atoms with E-state index in [1.165, 1.54) is 61.3 Å². The molecule has 1 atom stereocenters. The van der Waals surface area contributed by atoms with Crippen LogP contribution in [0.15, 0.2) is 0 Å². The summed E-state index contributed by atoms with van der Waals surface area (Å²) in [4.78, 5) is 127. The summed E-state index contributed by atoms with van der Waals surface area (Å²) in [6.07, 6.45) is 1.15. The maximum absolute atomic E-state index is 12.3. The largest absolute Gasteiger partial charge is 0.359 e. The average Bonchev–Trinajstić information content (AvgIpc) is 3.17. The Balaban J connectivity index is -0.000000849. The van der Waals surface area contributed by atoms with Gasteiger partial charge < -0.3 is 52.8 Å². The smallest absolute Gasteiger partial charge is 0.239 e. The highest BCUT2D eigenvalue weighted by Gasteiger charge is 2.28. The second-order valence-corrected chi connectivity index (χ2v) is 11.3. The summed E-state index contributed by atoms with van der Waals surface area (Å²) in [7, 11) is 11.7. The predicted molar refractivity (Wildman–Crippen MR) is 200 cm³/mol. The SMILES string of the molecule is CCC(=O)CN(CC(=O)NC)C(=O)CC(=O)NC.CNC(=O)CC(=O)NC.CNC(=O)CC(=O)NCCCC[C@@H](C(=O)NC)N(CC(=O)NC)CC(=O)NC. The van der Waals surface area contributed by atoms with Gasteiger partial charge in [-0.25, -0.2) is 0 Å². The molecule has 22 nitrogen and oxygen atoms in total. The number of carbonyl (C=O) groups is 11. The first-order valence-electron chi connectivity index (χ1n) is 17.4. The van der Waals surface area contributed by atoms with Gasteiger partial charge >= 0.3 is 0 Å². The zero-order chi connectivity index (χ0) is 42.9. The molecule has 0 unspecified atom stereocenters. The molecule has 55 heavy (non-hydrogen) atoms. The molecule has 0 spiro atoms. The number of Topliss-reactive ketones (excluding diaryl/α,β-unsaturated/α-hetero) is 1. The Hall–Kier alpha value is -5.67. The van der Waals surface area contributed by atoms with Crippen molar-refractivity contribution < 1.29 is 52.7 Å². The van der Waals surface area contributed by atoms with E-state index in [9.17, 15) is 52.7 Å². The standard InChI is InChI=1S/C17H32N6O5.C11H19N3O4.C5H10N2O2/c1-18-13(24)9-14(25)22-8-6-5-7-12(17(28)21-4)23(10-15(26)19-2)11-16(27)20-3;1-4-8(15)6-14(7-10(17)13-3)11(18)5-9(16)12-2;1-6-4(8)3-5(9)7-2/h12H,5-11H2,1-4H3,(H,18,24)(H,19,26)(H,20,27)(H,21,28)(H,22,25);4-7H2,1-3H3,(H,12,16)(H,13,17);3H2,1-2H3,(H,6,8)(H,7,9)/t12-;;/m0../s1. The normalized spacial score (nSPS) is 10.2. The summed E-state index contributed by atoms with van der Waals surface area (Å²) < 4.78 is 0. The fraction of sp³-hybridized carbons (Fsp3) is 0.667. The fourth-order valence-electron chi connectivity index (χ4n) is 3.91. The lowest BCUT2D eigenvalue weighted by atomic mass is 10.1. The van der Waals surface area contributed by atoms with Crippen LogP contribution in [0.2, 0.25) is 0 Å². The quantitative estimate of drug-likeness (QED) is 0.0368. The Labute approximate surface area is 322 Å². The Morgan fingerprint density at radius 1 is 0.455 bits per heavy atom. The summed E-state index contributed by atoms with van der Waals surface area (Å²) in [5.41, 5.74) is 0. The van der Waals surface area contributed by atoms with Gasteiger partial charge in [0.05, 0.1) is 32.2 Å². The van der Waals surface area contributed by atoms with E-state index in [2.05, 4.69) is 47.9 Å². The first-order valence-corrected chi connectivity index (χ1v) is 17.4. The lowest BCUT2D eigenvalue weighted by Crippen LogP contribution is -2.52. The molecule has 314 valence electrons. The molecule has 0 heterocycles. The number of carbonyl (C=O) groups excluding carboxylic acids is 11. The van der Waals surface area contributed by atoms with Crippen LogP contribution in [-0.2, 0) is 52.7 Å². The summed E-state index contributed by atoms with van der Waals surface area (Å²) in [5, 5.41) is 21.9. The molecular formula is C33H61N11O11. The second kappa shape index (κ2) is 32.9. The molecule has 0 fully saturated rings. The van der Waals surface area contributed by atoms with Gasteiger partial charge in [0, 0.05) is 69.3 Å². The lowest BCUT2D eigenvalue weighted by Gasteiger charge is -2.29. The van der Waals surface area contributed by atoms with Crippen LogP contribution in [0.4, 0.5) is 0 Å². The molecule has 9 N–H and O–H groups in total. The topological polar surface area (TPSA) is 303 Å². The molecule has 0 radical (unpaired) electrons. The highest BCUT2D eigenvalue weighted by molar-refractivity contribution is 6.00. The van der Waals surface area contributed by atoms with Crippen LogP contribution in [0.25, 0.3) is 0 Å². The zero-order valence-electron chi connectivity index (χ0n) is 33.4. The van der Waals surface area contributed by atoms with Gasteiger partial charge in [0.2, 0.25) is 59.1 Å². The minimum absolute atomic E-state index is 0.0903. The number of ketones is 1. The first kappa shape index (κ1) is 53.7. The fourth-order valence-corrected chi connectivity index (χ4v) is 3.91. The summed E-state index contributed by atoms with van der Waals surface area (Å²) in [6, 6.07) is -0.666. The molecule has 0 bridgehead atoms. The van der Waals surface area contributed by atoms with E-state index >= 15 is 0 Å². The summed E-state index contributed by atoms with van der Waals surface area (Å²) >= 11 is 0. The molecule has 0 aliphatic heterocycles. The maximum atomic E-state index is 12.3. The number of amides is 10. The Morgan fingerprint density at radius 2 is 0.855 bits per heavy atom. The monoisotopic (exact) mass is 787 g/mol. The van der Waals surface area contributed by atoms with Crippen LogP contribution in [0.1, 0.15) is 51.9 Å². The second-order valence-electron chi connectivity index (χ2n) is 11.3. The van der Waals surface area contributed by atoms with Crippen LogP contribution in [0.3, 0.4) is 0 Å². The van der Waals surface area contributed by atoms with Crippen molar-refractivity contribution in [2.45, 2.75) is 57.9 Å². The first-order chi connectivity index (χ1) is 25.9. The van der Waals surface area contributed by atoms with Crippen LogP contribution < -0.4 is 47.9 Å². The predicted octanol–water partition coefficient (Wildman–Crippen LogP) is -5.14. The third-order valence-electron chi connectivity index (χ3n) is 7.26. The van der Waals surface area contributed by atoms with Crippen molar-refractivity contribution >= 4 is 64.9 Å². The lowest BCUT2D eigenvalue weighted by molar-refractivity contribution is -0.141. The number of hydrogen-bond donors (Lipinski definition) is 9. The van der Waals surface area contributed by atoms with E-state index in [1.54, 1.807) is 6.92 Å². The van der Waals surface area contributed by atoms with Gasteiger partial charge in [0.25, 0.3) is 0 Å². The van der Waals surface area contributed by atoms with Crippen molar-refractivity contribution in [3.05, 3.63) is 0 Å². The van der Waals surface area contributed by atoms with Crippen LogP contribution in [0.5, 0.6) is 0 Å². The van der Waals surface area contributed by atoms with Gasteiger partial charge in [-0.05, 0) is 19.3 Å². The zero-order valence-corrected chi connectivity index (χ0v) is 33.4. The number of hydrogen-bond acceptors (Lipinski definition) is 12. The minimum atomic E-state index is -0.666. The highest BCUT2D eigenvalue weighted by Crippen LogP contribution is 2.10. The molecule has 10 amide bonds. The molecule has 0 aromatic rings. The molecule has 0 aliphatic rings. The van der Waals surface area contributed by atoms with Gasteiger partial charge in [-0.2, -0.15) is 0 Å². The maximum Gasteiger partial charge on any atom is 0.239 e. The number of likely N-dealkylation sites (N-methyl/N-ethyl adjacent to an activating group) is 4. The van der Waals surface area contributed by atoms with E-state index in [-0.39, 0.29) is 105 Å². The van der Waals surface area contributed by atoms with Crippen molar-refractivity contribution in [1.29, 1.82) is 0 Å². The summed E-state index contributed by atoms with van der Waals surface area (Å²) in [5.74, 6) is -3.73. The van der Waals surface area contributed by atoms with E-state index in [1.807, 2.05) is 0 Å². The van der Waals surface area contributed by atoms with Crippen molar-refractivity contribution in [3.63, 3.8) is 0 Å². The Kier molecular flexibility index (Phi) is 32.2. The van der Waals surface area contributed by atoms with E-state index in [0.717, 1.165) is 4.90 Å². The molecule has 0 rings (SSSR count). The number of nitrogens with zero attached hydrogens (tertiary/aromatic N) is 2. The van der Waals surface area contributed by atoms with Crippen LogP contribution in [0, 0.1) is 0 Å². The van der Waals surface area contributed by atoms with Gasteiger partial charge in [-0.15, -0.1) is 0 Å². The number of nitrogens with one attached hydrogen (secondary N) is 9. The van der Waals surface area contributed by atoms with Crippen molar-refractivity contribution in [2.24, 2.45) is 0 Å². The van der Waals surface area contributed by atoms with Crippen LogP contribution in [-0.4, -0.2) is 170 Å². The van der Waals surface area contributed by atoms with E-state index in [4.69, 9.17) is 0 Å². The third kappa shape index (κ3) is 28.5. The van der Waals surface area contributed by atoms with Crippen molar-refractivity contribution in [1.82, 2.24) is 57.7 Å². The highest BCUT2D eigenvalue weighted by atomic mass is 16.2. The van der Waals surface area contributed by atoms with Gasteiger partial charge in [0.15, 0.2) is 5.78 Å². The number of unbranched alkanes of at least 4 members (excludes halogenated alkanes) is 1. The van der Waals surface area contributed by atoms with Crippen LogP contribution >= 0.6 is 0 Å². The molecule has 0 aromatic heterocycles. The van der Waals surface area contributed by atoms with Gasteiger partial charge in [0.1, 0.15) is 19.3 Å². The summed E-state index contributed by atoms with van der Waals surface area (Å²) in [6.45, 7) is 1.47.